The summed E-state index contributed by atoms with van der Waals surface area (Å²) in [4.78, 5) is 21.9. The van der Waals surface area contributed by atoms with Gasteiger partial charge in [0, 0.05) is 12.1 Å². The van der Waals surface area contributed by atoms with Crippen molar-refractivity contribution >= 4 is 21.7 Å². The molecule has 0 saturated heterocycles. The molecule has 0 aliphatic carbocycles. The number of non-ortho nitro benzene ring substituents is 1. The van der Waals surface area contributed by atoms with Gasteiger partial charge >= 0.3 is 5.97 Å². The normalized spacial score (nSPS) is 12.2. The molecule has 0 unspecified atom stereocenters. The van der Waals surface area contributed by atoms with E-state index in [1.165, 1.54) is 13.2 Å². The molecule has 10 heteroatoms. The van der Waals surface area contributed by atoms with Crippen LogP contribution in [0.3, 0.4) is 0 Å². The number of hydrogen-bond acceptors (Lipinski definition) is 7. The molecule has 2 aromatic carbocycles. The first-order valence-corrected chi connectivity index (χ1v) is 8.75. The molecule has 0 aliphatic heterocycles. The van der Waals surface area contributed by atoms with Gasteiger partial charge in [0.25, 0.3) is 5.69 Å². The minimum absolute atomic E-state index is 0.222. The van der Waals surface area contributed by atoms with Crippen molar-refractivity contribution in [3.8, 4) is 5.75 Å². The third-order valence-electron chi connectivity index (χ3n) is 3.49. The highest BCUT2D eigenvalue weighted by atomic mass is 32.2. The van der Waals surface area contributed by atoms with Crippen LogP contribution in [-0.4, -0.2) is 33.5 Å². The highest BCUT2D eigenvalue weighted by molar-refractivity contribution is 7.89. The standard InChI is InChI=1S/C16H16N2O7S/c1-24-13-5-3-4-11(10-13)15(16(19)25-2)17-26(22,23)14-8-6-12(7-9-14)18(20)21/h3-10,15,17H,1-2H3/t15-/m1/s1. The zero-order valence-electron chi connectivity index (χ0n) is 13.9. The van der Waals surface area contributed by atoms with Gasteiger partial charge in [-0.05, 0) is 29.8 Å². The number of benzene rings is 2. The number of methoxy groups -OCH3 is 2. The van der Waals surface area contributed by atoms with Crippen molar-refractivity contribution < 1.29 is 27.6 Å². The van der Waals surface area contributed by atoms with E-state index in [1.54, 1.807) is 18.2 Å². The lowest BCUT2D eigenvalue weighted by molar-refractivity contribution is -0.384. The zero-order chi connectivity index (χ0) is 19.3. The second-order valence-electron chi connectivity index (χ2n) is 5.11. The van der Waals surface area contributed by atoms with E-state index in [1.807, 2.05) is 0 Å². The van der Waals surface area contributed by atoms with E-state index in [0.717, 1.165) is 31.4 Å². The summed E-state index contributed by atoms with van der Waals surface area (Å²) in [6.45, 7) is 0. The predicted molar refractivity (Wildman–Crippen MR) is 91.2 cm³/mol. The Labute approximate surface area is 149 Å². The maximum Gasteiger partial charge on any atom is 0.328 e. The Kier molecular flexibility index (Phi) is 5.90. The van der Waals surface area contributed by atoms with Crippen molar-refractivity contribution in [2.45, 2.75) is 10.9 Å². The number of nitro benzene ring substituents is 1. The number of carbonyl (C=O) groups excluding carboxylic acids is 1. The van der Waals surface area contributed by atoms with E-state index in [2.05, 4.69) is 9.46 Å². The number of nitrogens with one attached hydrogen (secondary N) is 1. The van der Waals surface area contributed by atoms with E-state index in [-0.39, 0.29) is 10.6 Å². The Morgan fingerprint density at radius 2 is 1.81 bits per heavy atom. The second kappa shape index (κ2) is 7.93. The van der Waals surface area contributed by atoms with Crippen molar-refractivity contribution in [1.29, 1.82) is 0 Å². The average Bonchev–Trinajstić information content (AvgIpc) is 2.65. The average molecular weight is 380 g/mol. The molecule has 0 heterocycles. The second-order valence-corrected chi connectivity index (χ2v) is 6.82. The van der Waals surface area contributed by atoms with E-state index in [9.17, 15) is 23.3 Å². The molecule has 9 nitrogen and oxygen atoms in total. The van der Waals surface area contributed by atoms with Crippen LogP contribution in [-0.2, 0) is 19.6 Å². The van der Waals surface area contributed by atoms with Gasteiger partial charge in [0.1, 0.15) is 11.8 Å². The highest BCUT2D eigenvalue weighted by Gasteiger charge is 2.28. The summed E-state index contributed by atoms with van der Waals surface area (Å²) in [6, 6.07) is 9.27. The van der Waals surface area contributed by atoms with Crippen LogP contribution in [0.25, 0.3) is 0 Å². The van der Waals surface area contributed by atoms with Gasteiger partial charge < -0.3 is 9.47 Å². The fraction of sp³-hybridized carbons (Fsp3) is 0.188. The molecule has 0 saturated carbocycles. The smallest absolute Gasteiger partial charge is 0.328 e. The zero-order valence-corrected chi connectivity index (χ0v) is 14.7. The fourth-order valence-electron chi connectivity index (χ4n) is 2.16. The molecule has 1 atom stereocenters. The number of nitrogens with zero attached hydrogens (tertiary/aromatic N) is 1. The Bertz CT molecular complexity index is 910. The van der Waals surface area contributed by atoms with Crippen molar-refractivity contribution in [3.63, 3.8) is 0 Å². The SMILES string of the molecule is COC(=O)[C@H](NS(=O)(=O)c1ccc([N+](=O)[O-])cc1)c1cccc(OC)c1. The Balaban J connectivity index is 2.37. The lowest BCUT2D eigenvalue weighted by Gasteiger charge is -2.17. The van der Waals surface area contributed by atoms with E-state index in [0.29, 0.717) is 11.3 Å². The van der Waals surface area contributed by atoms with Crippen LogP contribution in [0.4, 0.5) is 5.69 Å². The van der Waals surface area contributed by atoms with Gasteiger partial charge in [-0.3, -0.25) is 10.1 Å². The minimum Gasteiger partial charge on any atom is -0.497 e. The van der Waals surface area contributed by atoms with Gasteiger partial charge in [-0.15, -0.1) is 0 Å². The molecule has 0 spiro atoms. The summed E-state index contributed by atoms with van der Waals surface area (Å²) >= 11 is 0. The predicted octanol–water partition coefficient (Wildman–Crippen LogP) is 1.80. The molecule has 138 valence electrons. The monoisotopic (exact) mass is 380 g/mol. The maximum atomic E-state index is 12.6. The Hall–Kier alpha value is -2.98. The Morgan fingerprint density at radius 1 is 1.15 bits per heavy atom. The number of ether oxygens (including phenoxy) is 2. The molecule has 0 fully saturated rings. The summed E-state index contributed by atoms with van der Waals surface area (Å²) in [6.07, 6.45) is 0. The van der Waals surface area contributed by atoms with Crippen LogP contribution in [0.2, 0.25) is 0 Å². The number of esters is 1. The number of sulfonamides is 1. The summed E-state index contributed by atoms with van der Waals surface area (Å²) in [5.74, 6) is -0.380. The van der Waals surface area contributed by atoms with Crippen LogP contribution in [0.1, 0.15) is 11.6 Å². The number of hydrogen-bond donors (Lipinski definition) is 1. The van der Waals surface area contributed by atoms with Crippen molar-refractivity contribution in [2.75, 3.05) is 14.2 Å². The highest BCUT2D eigenvalue weighted by Crippen LogP contribution is 2.23. The van der Waals surface area contributed by atoms with Crippen LogP contribution in [0.5, 0.6) is 5.75 Å². The molecule has 2 rings (SSSR count). The van der Waals surface area contributed by atoms with Crippen molar-refractivity contribution in [3.05, 3.63) is 64.2 Å². The topological polar surface area (TPSA) is 125 Å². The van der Waals surface area contributed by atoms with Gasteiger partial charge in [0.05, 0.1) is 24.0 Å². The summed E-state index contributed by atoms with van der Waals surface area (Å²) < 4.78 is 37.1. The third kappa shape index (κ3) is 4.35. The number of rotatable bonds is 7. The van der Waals surface area contributed by atoms with E-state index >= 15 is 0 Å². The third-order valence-corrected chi connectivity index (χ3v) is 4.93. The fourth-order valence-corrected chi connectivity index (χ4v) is 3.33. The van der Waals surface area contributed by atoms with Gasteiger partial charge in [-0.2, -0.15) is 4.72 Å². The molecule has 1 N–H and O–H groups in total. The summed E-state index contributed by atoms with van der Waals surface area (Å²) in [5, 5.41) is 10.7. The van der Waals surface area contributed by atoms with Gasteiger partial charge in [0.2, 0.25) is 10.0 Å². The summed E-state index contributed by atoms with van der Waals surface area (Å²) in [7, 11) is -1.57. The van der Waals surface area contributed by atoms with Crippen LogP contribution in [0.15, 0.2) is 53.4 Å². The van der Waals surface area contributed by atoms with Gasteiger partial charge in [0.15, 0.2) is 0 Å². The van der Waals surface area contributed by atoms with Gasteiger partial charge in [-0.25, -0.2) is 13.2 Å². The van der Waals surface area contributed by atoms with Crippen LogP contribution >= 0.6 is 0 Å². The van der Waals surface area contributed by atoms with E-state index in [4.69, 9.17) is 4.74 Å². The minimum atomic E-state index is -4.14. The first-order chi connectivity index (χ1) is 12.3. The molecule has 0 aliphatic rings. The summed E-state index contributed by atoms with van der Waals surface area (Å²) in [5.41, 5.74) is 0.0722. The molecule has 2 aromatic rings. The first-order valence-electron chi connectivity index (χ1n) is 7.27. The lowest BCUT2D eigenvalue weighted by atomic mass is 10.1. The van der Waals surface area contributed by atoms with Crippen molar-refractivity contribution in [1.82, 2.24) is 4.72 Å². The molecule has 26 heavy (non-hydrogen) atoms. The lowest BCUT2D eigenvalue weighted by Crippen LogP contribution is -2.34. The molecule has 0 amide bonds. The maximum absolute atomic E-state index is 12.6. The van der Waals surface area contributed by atoms with E-state index < -0.39 is 27.0 Å². The molecule has 0 radical (unpaired) electrons. The largest absolute Gasteiger partial charge is 0.497 e. The van der Waals surface area contributed by atoms with Gasteiger partial charge in [-0.1, -0.05) is 12.1 Å². The Morgan fingerprint density at radius 3 is 2.35 bits per heavy atom. The molecular formula is C16H16N2O7S. The number of nitro groups is 1. The first kappa shape index (κ1) is 19.3. The van der Waals surface area contributed by atoms with Crippen molar-refractivity contribution in [2.24, 2.45) is 0 Å². The molecule has 0 aromatic heterocycles. The quantitative estimate of drug-likeness (QED) is 0.441. The molecule has 0 bridgehead atoms. The molecular weight excluding hydrogens is 364 g/mol. The number of carbonyl (C=O) groups is 1. The van der Waals surface area contributed by atoms with Crippen LogP contribution < -0.4 is 9.46 Å². The van der Waals surface area contributed by atoms with Crippen LogP contribution in [0, 0.1) is 10.1 Å².